The summed E-state index contributed by atoms with van der Waals surface area (Å²) in [6.45, 7) is 4.21. The average molecular weight is 364 g/mol. The van der Waals surface area contributed by atoms with E-state index in [-0.39, 0.29) is 0 Å². The van der Waals surface area contributed by atoms with Gasteiger partial charge in [0.15, 0.2) is 11.6 Å². The van der Waals surface area contributed by atoms with E-state index in [0.717, 1.165) is 17.0 Å². The van der Waals surface area contributed by atoms with E-state index >= 15 is 0 Å². The second-order valence-corrected chi connectivity index (χ2v) is 6.91. The number of rotatable bonds is 3. The van der Waals surface area contributed by atoms with E-state index in [1.807, 2.05) is 6.92 Å². The first-order valence-electron chi connectivity index (χ1n) is 7.93. The fourth-order valence-electron chi connectivity index (χ4n) is 2.44. The zero-order chi connectivity index (χ0) is 17.8. The molecule has 0 atom stereocenters. The van der Waals surface area contributed by atoms with Gasteiger partial charge in [0.25, 0.3) is 0 Å². The Morgan fingerprint density at radius 2 is 1.60 bits per heavy atom. The van der Waals surface area contributed by atoms with E-state index in [9.17, 15) is 13.6 Å². The highest BCUT2D eigenvalue weighted by molar-refractivity contribution is 7.97. The summed E-state index contributed by atoms with van der Waals surface area (Å²) in [7, 11) is 0. The van der Waals surface area contributed by atoms with Crippen LogP contribution in [0.25, 0.3) is 0 Å². The Morgan fingerprint density at radius 3 is 2.20 bits per heavy atom. The van der Waals surface area contributed by atoms with Crippen molar-refractivity contribution >= 4 is 18.0 Å². The smallest absolute Gasteiger partial charge is 0.404 e. The molecule has 1 aliphatic heterocycles. The van der Waals surface area contributed by atoms with E-state index in [1.165, 1.54) is 16.5 Å². The molecule has 2 aromatic rings. The van der Waals surface area contributed by atoms with E-state index in [2.05, 4.69) is 28.6 Å². The highest BCUT2D eigenvalue weighted by atomic mass is 32.2. The third-order valence-electron chi connectivity index (χ3n) is 3.86. The topological polar surface area (TPSA) is 32.8 Å². The molecule has 1 fully saturated rings. The minimum absolute atomic E-state index is 0.438. The van der Waals surface area contributed by atoms with Gasteiger partial charge in [-0.15, -0.1) is 0 Å². The number of benzene rings is 2. The van der Waals surface area contributed by atoms with E-state index < -0.39 is 23.5 Å². The molecule has 0 radical (unpaired) electrons. The van der Waals surface area contributed by atoms with Crippen molar-refractivity contribution < 1.29 is 18.3 Å². The van der Waals surface area contributed by atoms with Gasteiger partial charge in [0, 0.05) is 31.1 Å². The van der Waals surface area contributed by atoms with E-state index in [0.29, 0.717) is 26.2 Å². The van der Waals surface area contributed by atoms with Crippen LogP contribution >= 0.6 is 11.9 Å². The molecule has 132 valence electrons. The molecule has 0 unspecified atom stereocenters. The van der Waals surface area contributed by atoms with Gasteiger partial charge in [-0.25, -0.2) is 17.9 Å². The van der Waals surface area contributed by atoms with Crippen LogP contribution in [0.15, 0.2) is 47.4 Å². The van der Waals surface area contributed by atoms with Gasteiger partial charge in [0.2, 0.25) is 5.75 Å². The number of carbonyl (C=O) groups is 1. The summed E-state index contributed by atoms with van der Waals surface area (Å²) in [6, 6.07) is 11.6. The molecule has 4 nitrogen and oxygen atoms in total. The van der Waals surface area contributed by atoms with Gasteiger partial charge in [-0.2, -0.15) is 0 Å². The molecule has 25 heavy (non-hydrogen) atoms. The second kappa shape index (κ2) is 7.84. The lowest BCUT2D eigenvalue weighted by Crippen LogP contribution is -2.47. The highest BCUT2D eigenvalue weighted by Gasteiger charge is 2.25. The molecular weight excluding hydrogens is 346 g/mol. The van der Waals surface area contributed by atoms with Crippen LogP contribution in [0.2, 0.25) is 0 Å². The molecule has 1 heterocycles. The lowest BCUT2D eigenvalue weighted by atomic mass is 10.2. The quantitative estimate of drug-likeness (QED) is 0.768. The third kappa shape index (κ3) is 4.49. The Hall–Kier alpha value is -2.12. The van der Waals surface area contributed by atoms with Crippen LogP contribution in [0, 0.1) is 18.6 Å². The first-order valence-corrected chi connectivity index (χ1v) is 8.70. The van der Waals surface area contributed by atoms with Gasteiger partial charge in [0.1, 0.15) is 0 Å². The number of para-hydroxylation sites is 1. The molecule has 1 amide bonds. The molecule has 0 N–H and O–H groups in total. The van der Waals surface area contributed by atoms with Crippen molar-refractivity contribution in [1.29, 1.82) is 0 Å². The van der Waals surface area contributed by atoms with Gasteiger partial charge in [-0.1, -0.05) is 23.8 Å². The van der Waals surface area contributed by atoms with Crippen molar-refractivity contribution in [3.63, 3.8) is 0 Å². The first-order chi connectivity index (χ1) is 12.0. The fraction of sp³-hybridized carbons (Fsp3) is 0.278. The molecule has 0 aromatic heterocycles. The van der Waals surface area contributed by atoms with Crippen molar-refractivity contribution in [2.45, 2.75) is 11.8 Å². The predicted octanol–water partition coefficient (Wildman–Crippen LogP) is 4.10. The summed E-state index contributed by atoms with van der Waals surface area (Å²) in [5.74, 6) is -2.42. The Morgan fingerprint density at radius 1 is 1.00 bits per heavy atom. The van der Waals surface area contributed by atoms with Crippen molar-refractivity contribution in [1.82, 2.24) is 9.21 Å². The average Bonchev–Trinajstić information content (AvgIpc) is 2.61. The number of nitrogens with zero attached hydrogens (tertiary/aromatic N) is 2. The van der Waals surface area contributed by atoms with Gasteiger partial charge >= 0.3 is 6.09 Å². The molecular formula is C18H18F2N2O2S. The van der Waals surface area contributed by atoms with Crippen molar-refractivity contribution in [2.24, 2.45) is 0 Å². The summed E-state index contributed by atoms with van der Waals surface area (Å²) in [5, 5.41) is 0. The molecule has 3 rings (SSSR count). The molecule has 1 saturated heterocycles. The van der Waals surface area contributed by atoms with Crippen LogP contribution in [-0.2, 0) is 0 Å². The molecule has 0 bridgehead atoms. The van der Waals surface area contributed by atoms with E-state index in [4.69, 9.17) is 4.74 Å². The zero-order valence-corrected chi connectivity index (χ0v) is 14.6. The standard InChI is InChI=1S/C18H18F2N2O2S/c1-13-5-7-14(8-6-13)25-22-11-9-21(10-12-22)18(23)24-17-15(19)3-2-4-16(17)20/h2-8H,9-12H2,1H3. The Bertz CT molecular complexity index is 727. The maximum absolute atomic E-state index is 13.6. The molecule has 0 aliphatic carbocycles. The Balaban J connectivity index is 1.53. The number of piperazine rings is 1. The molecule has 0 saturated carbocycles. The SMILES string of the molecule is Cc1ccc(SN2CCN(C(=O)Oc3c(F)cccc3F)CC2)cc1. The minimum Gasteiger partial charge on any atom is -0.404 e. The van der Waals surface area contributed by atoms with Crippen molar-refractivity contribution in [3.8, 4) is 5.75 Å². The van der Waals surface area contributed by atoms with Crippen LogP contribution in [0.3, 0.4) is 0 Å². The number of ether oxygens (including phenoxy) is 1. The lowest BCUT2D eigenvalue weighted by Gasteiger charge is -2.33. The molecule has 7 heteroatoms. The summed E-state index contributed by atoms with van der Waals surface area (Å²) in [6.07, 6.45) is -0.732. The largest absolute Gasteiger partial charge is 0.415 e. The van der Waals surface area contributed by atoms with Gasteiger partial charge < -0.3 is 9.64 Å². The number of amides is 1. The second-order valence-electron chi connectivity index (χ2n) is 5.74. The molecule has 1 aliphatic rings. The summed E-state index contributed by atoms with van der Waals surface area (Å²) in [5.41, 5.74) is 1.21. The number of hydrogen-bond donors (Lipinski definition) is 0. The summed E-state index contributed by atoms with van der Waals surface area (Å²) in [4.78, 5) is 14.7. The van der Waals surface area contributed by atoms with Crippen molar-refractivity contribution in [3.05, 3.63) is 59.7 Å². The third-order valence-corrected chi connectivity index (χ3v) is 4.97. The monoisotopic (exact) mass is 364 g/mol. The van der Waals surface area contributed by atoms with Crippen LogP contribution in [0.4, 0.5) is 13.6 Å². The number of halogens is 2. The molecule has 2 aromatic carbocycles. The number of carbonyl (C=O) groups excluding carboxylic acids is 1. The first kappa shape index (κ1) is 17.7. The maximum Gasteiger partial charge on any atom is 0.415 e. The summed E-state index contributed by atoms with van der Waals surface area (Å²) >= 11 is 1.63. The molecule has 0 spiro atoms. The Labute approximate surface area is 149 Å². The van der Waals surface area contributed by atoms with Crippen LogP contribution in [-0.4, -0.2) is 41.5 Å². The van der Waals surface area contributed by atoms with Crippen LogP contribution in [0.5, 0.6) is 5.75 Å². The predicted molar refractivity (Wildman–Crippen MR) is 92.6 cm³/mol. The Kier molecular flexibility index (Phi) is 5.55. The summed E-state index contributed by atoms with van der Waals surface area (Å²) < 4.78 is 34.2. The van der Waals surface area contributed by atoms with Crippen LogP contribution < -0.4 is 4.74 Å². The van der Waals surface area contributed by atoms with Gasteiger partial charge in [0.05, 0.1) is 0 Å². The van der Waals surface area contributed by atoms with E-state index in [1.54, 1.807) is 11.9 Å². The lowest BCUT2D eigenvalue weighted by molar-refractivity contribution is 0.131. The normalized spacial score (nSPS) is 15.2. The van der Waals surface area contributed by atoms with Crippen molar-refractivity contribution in [2.75, 3.05) is 26.2 Å². The van der Waals surface area contributed by atoms with Crippen LogP contribution in [0.1, 0.15) is 5.56 Å². The number of hydrogen-bond acceptors (Lipinski definition) is 4. The maximum atomic E-state index is 13.6. The van der Waals surface area contributed by atoms with Gasteiger partial charge in [-0.3, -0.25) is 0 Å². The zero-order valence-electron chi connectivity index (χ0n) is 13.7. The minimum atomic E-state index is -0.887. The highest BCUT2D eigenvalue weighted by Crippen LogP contribution is 2.25. The fourth-order valence-corrected chi connectivity index (χ4v) is 3.34. The number of aryl methyl sites for hydroxylation is 1. The van der Waals surface area contributed by atoms with Gasteiger partial charge in [-0.05, 0) is 43.1 Å².